The molecule has 0 radical (unpaired) electrons. The number of aromatic nitrogens is 1. The zero-order chi connectivity index (χ0) is 20.4. The highest BCUT2D eigenvalue weighted by atomic mass is 32.1. The highest BCUT2D eigenvalue weighted by Gasteiger charge is 2.27. The monoisotopic (exact) mass is 405 g/mol. The van der Waals surface area contributed by atoms with Crippen molar-refractivity contribution in [3.05, 3.63) is 59.2 Å². The second-order valence-electron chi connectivity index (χ2n) is 7.59. The number of hydrogen-bond acceptors (Lipinski definition) is 5. The van der Waals surface area contributed by atoms with Crippen LogP contribution in [0.3, 0.4) is 0 Å². The van der Waals surface area contributed by atoms with Crippen molar-refractivity contribution in [1.29, 1.82) is 5.26 Å². The van der Waals surface area contributed by atoms with Gasteiger partial charge in [-0.3, -0.25) is 9.69 Å². The van der Waals surface area contributed by atoms with E-state index in [0.717, 1.165) is 29.7 Å². The second kappa shape index (κ2) is 8.32. The Kier molecular flexibility index (Phi) is 5.61. The van der Waals surface area contributed by atoms with Gasteiger partial charge in [0.25, 0.3) is 5.91 Å². The minimum absolute atomic E-state index is 0.0221. The lowest BCUT2D eigenvalue weighted by Crippen LogP contribution is -2.37. The predicted octanol–water partition coefficient (Wildman–Crippen LogP) is 5.12. The second-order valence-corrected chi connectivity index (χ2v) is 8.59. The van der Waals surface area contributed by atoms with Gasteiger partial charge in [-0.1, -0.05) is 37.3 Å². The van der Waals surface area contributed by atoms with Crippen molar-refractivity contribution >= 4 is 32.6 Å². The fraction of sp³-hybridized carbons (Fsp3) is 0.348. The Morgan fingerprint density at radius 2 is 2.10 bits per heavy atom. The SMILES string of the molecule is CC(C)c1cccc2sc(N(CC3CCCO3)C(=O)c3ccc(C#N)cc3)nc12. The summed E-state index contributed by atoms with van der Waals surface area (Å²) < 4.78 is 6.88. The van der Waals surface area contributed by atoms with Gasteiger partial charge in [-0.15, -0.1) is 0 Å². The largest absolute Gasteiger partial charge is 0.376 e. The molecule has 1 atom stereocenters. The van der Waals surface area contributed by atoms with Crippen LogP contribution in [0.1, 0.15) is 54.1 Å². The maximum atomic E-state index is 13.4. The van der Waals surface area contributed by atoms with Crippen LogP contribution in [-0.2, 0) is 4.74 Å². The lowest BCUT2D eigenvalue weighted by Gasteiger charge is -2.23. The van der Waals surface area contributed by atoms with Gasteiger partial charge >= 0.3 is 0 Å². The summed E-state index contributed by atoms with van der Waals surface area (Å²) in [6.45, 7) is 5.52. The van der Waals surface area contributed by atoms with Gasteiger partial charge in [0.2, 0.25) is 0 Å². The lowest BCUT2D eigenvalue weighted by molar-refractivity contribution is 0.0917. The molecular formula is C23H23N3O2S. The van der Waals surface area contributed by atoms with E-state index in [9.17, 15) is 4.79 Å². The highest BCUT2D eigenvalue weighted by Crippen LogP contribution is 2.34. The molecule has 0 aliphatic carbocycles. The quantitative estimate of drug-likeness (QED) is 0.591. The first-order valence-corrected chi connectivity index (χ1v) is 10.7. The van der Waals surface area contributed by atoms with Gasteiger partial charge in [-0.25, -0.2) is 4.98 Å². The number of thiazole rings is 1. The molecule has 1 unspecified atom stereocenters. The summed E-state index contributed by atoms with van der Waals surface area (Å²) in [5.74, 6) is 0.240. The number of rotatable bonds is 5. The number of ether oxygens (including phenoxy) is 1. The molecule has 3 aromatic rings. The zero-order valence-electron chi connectivity index (χ0n) is 16.6. The summed E-state index contributed by atoms with van der Waals surface area (Å²) in [6, 6.07) is 15.1. The fourth-order valence-electron chi connectivity index (χ4n) is 3.62. The van der Waals surface area contributed by atoms with Gasteiger partial charge in [0, 0.05) is 12.2 Å². The van der Waals surface area contributed by atoms with Crippen molar-refractivity contribution in [2.24, 2.45) is 0 Å². The van der Waals surface area contributed by atoms with E-state index in [1.807, 2.05) is 6.07 Å². The average molecular weight is 406 g/mol. The fourth-order valence-corrected chi connectivity index (χ4v) is 4.63. The Hall–Kier alpha value is -2.75. The van der Waals surface area contributed by atoms with Crippen molar-refractivity contribution in [3.63, 3.8) is 0 Å². The van der Waals surface area contributed by atoms with E-state index in [4.69, 9.17) is 15.0 Å². The Morgan fingerprint density at radius 1 is 1.31 bits per heavy atom. The van der Waals surface area contributed by atoms with Gasteiger partial charge in [0.05, 0.1) is 34.5 Å². The number of fused-ring (bicyclic) bond motifs is 1. The molecule has 1 fully saturated rings. The van der Waals surface area contributed by atoms with Crippen molar-refractivity contribution in [3.8, 4) is 6.07 Å². The Balaban J connectivity index is 1.73. The van der Waals surface area contributed by atoms with E-state index in [1.54, 1.807) is 29.2 Å². The number of amides is 1. The molecule has 2 aromatic carbocycles. The Bertz CT molecular complexity index is 1060. The summed E-state index contributed by atoms with van der Waals surface area (Å²) in [4.78, 5) is 20.0. The molecule has 1 aliphatic rings. The van der Waals surface area contributed by atoms with E-state index in [2.05, 4.69) is 32.0 Å². The van der Waals surface area contributed by atoms with E-state index in [1.165, 1.54) is 16.9 Å². The van der Waals surface area contributed by atoms with Crippen LogP contribution in [0, 0.1) is 11.3 Å². The Labute approximate surface area is 174 Å². The molecule has 1 aromatic heterocycles. The van der Waals surface area contributed by atoms with Gasteiger partial charge in [0.1, 0.15) is 0 Å². The number of anilines is 1. The summed E-state index contributed by atoms with van der Waals surface area (Å²) in [5.41, 5.74) is 3.24. The summed E-state index contributed by atoms with van der Waals surface area (Å²) in [5, 5.41) is 9.72. The van der Waals surface area contributed by atoms with E-state index >= 15 is 0 Å². The van der Waals surface area contributed by atoms with Crippen molar-refractivity contribution in [1.82, 2.24) is 4.98 Å². The minimum Gasteiger partial charge on any atom is -0.376 e. The minimum atomic E-state index is -0.116. The molecule has 0 saturated carbocycles. The topological polar surface area (TPSA) is 66.2 Å². The molecule has 5 nitrogen and oxygen atoms in total. The summed E-state index contributed by atoms with van der Waals surface area (Å²) in [7, 11) is 0. The first-order chi connectivity index (χ1) is 14.1. The van der Waals surface area contributed by atoms with E-state index in [0.29, 0.717) is 28.7 Å². The maximum absolute atomic E-state index is 13.4. The van der Waals surface area contributed by atoms with Crippen LogP contribution >= 0.6 is 11.3 Å². The van der Waals surface area contributed by atoms with Crippen LogP contribution in [0.15, 0.2) is 42.5 Å². The number of carbonyl (C=O) groups excluding carboxylic acids is 1. The van der Waals surface area contributed by atoms with Crippen LogP contribution < -0.4 is 4.90 Å². The molecule has 1 aliphatic heterocycles. The third kappa shape index (κ3) is 4.02. The van der Waals surface area contributed by atoms with Crippen LogP contribution in [0.2, 0.25) is 0 Å². The summed E-state index contributed by atoms with van der Waals surface area (Å²) in [6.07, 6.45) is 1.98. The molecule has 1 saturated heterocycles. The lowest BCUT2D eigenvalue weighted by atomic mass is 10.0. The molecule has 0 N–H and O–H groups in total. The highest BCUT2D eigenvalue weighted by molar-refractivity contribution is 7.22. The number of nitrogens with zero attached hydrogens (tertiary/aromatic N) is 3. The molecule has 0 spiro atoms. The zero-order valence-corrected chi connectivity index (χ0v) is 17.4. The molecule has 148 valence electrons. The van der Waals surface area contributed by atoms with Crippen LogP contribution in [0.25, 0.3) is 10.2 Å². The molecule has 1 amide bonds. The van der Waals surface area contributed by atoms with Gasteiger partial charge < -0.3 is 4.74 Å². The molecule has 4 rings (SSSR count). The molecule has 2 heterocycles. The van der Waals surface area contributed by atoms with Crippen LogP contribution in [0.5, 0.6) is 0 Å². The number of hydrogen-bond donors (Lipinski definition) is 0. The van der Waals surface area contributed by atoms with Crippen LogP contribution in [-0.4, -0.2) is 30.1 Å². The Morgan fingerprint density at radius 3 is 2.76 bits per heavy atom. The van der Waals surface area contributed by atoms with Crippen molar-refractivity contribution in [2.45, 2.75) is 38.7 Å². The van der Waals surface area contributed by atoms with Crippen LogP contribution in [0.4, 0.5) is 5.13 Å². The van der Waals surface area contributed by atoms with E-state index in [-0.39, 0.29) is 12.0 Å². The normalized spacial score (nSPS) is 16.3. The molecule has 0 bridgehead atoms. The number of nitriles is 1. The third-order valence-electron chi connectivity index (χ3n) is 5.21. The molecule has 29 heavy (non-hydrogen) atoms. The molecule has 6 heteroatoms. The predicted molar refractivity (Wildman–Crippen MR) is 116 cm³/mol. The van der Waals surface area contributed by atoms with Gasteiger partial charge in [-0.05, 0) is 54.7 Å². The number of para-hydroxylation sites is 1. The van der Waals surface area contributed by atoms with Crippen molar-refractivity contribution < 1.29 is 9.53 Å². The maximum Gasteiger partial charge on any atom is 0.260 e. The van der Waals surface area contributed by atoms with Gasteiger partial charge in [-0.2, -0.15) is 5.26 Å². The summed E-state index contributed by atoms with van der Waals surface area (Å²) >= 11 is 1.54. The van der Waals surface area contributed by atoms with E-state index < -0.39 is 0 Å². The molecular weight excluding hydrogens is 382 g/mol. The first kappa shape index (κ1) is 19.6. The first-order valence-electron chi connectivity index (χ1n) is 9.90. The third-order valence-corrected chi connectivity index (χ3v) is 6.25. The number of benzene rings is 2. The van der Waals surface area contributed by atoms with Crippen molar-refractivity contribution in [2.75, 3.05) is 18.1 Å². The number of carbonyl (C=O) groups is 1. The standard InChI is InChI=1S/C23H23N3O2S/c1-15(2)19-6-3-7-20-21(19)25-23(29-20)26(14-18-5-4-12-28-18)22(27)17-10-8-16(13-24)9-11-17/h3,6-11,15,18H,4-5,12,14H2,1-2H3. The smallest absolute Gasteiger partial charge is 0.260 e. The average Bonchev–Trinajstić information content (AvgIpc) is 3.40. The van der Waals surface area contributed by atoms with Gasteiger partial charge in [0.15, 0.2) is 5.13 Å².